The number of rotatable bonds is 13. The maximum absolute atomic E-state index is 14.1. The van der Waals surface area contributed by atoms with Gasteiger partial charge in [-0.05, 0) is 34.6 Å². The fourth-order valence-corrected chi connectivity index (χ4v) is 2.57. The van der Waals surface area contributed by atoms with E-state index >= 15 is 0 Å². The first-order valence-corrected chi connectivity index (χ1v) is 12.7. The highest BCUT2D eigenvalue weighted by molar-refractivity contribution is 5.87. The largest absolute Gasteiger partial charge is 0.462 e. The molecular formula is C26H30F14O8. The predicted octanol–water partition coefficient (Wildman–Crippen LogP) is 7.16. The van der Waals surface area contributed by atoms with Gasteiger partial charge in [0.2, 0.25) is 0 Å². The molecule has 1 unspecified atom stereocenters. The number of carbonyl (C=O) groups excluding carboxylic acids is 4. The van der Waals surface area contributed by atoms with Crippen molar-refractivity contribution in [1.29, 1.82) is 0 Å². The van der Waals surface area contributed by atoms with Crippen LogP contribution in [0.5, 0.6) is 0 Å². The molecule has 0 aliphatic heterocycles. The number of ether oxygens (including phenoxy) is 4. The molecule has 0 heterocycles. The highest BCUT2D eigenvalue weighted by Crippen LogP contribution is 2.60. The minimum absolute atomic E-state index is 0.154. The van der Waals surface area contributed by atoms with Gasteiger partial charge in [0.15, 0.2) is 0 Å². The summed E-state index contributed by atoms with van der Waals surface area (Å²) in [7, 11) is 0. The molecule has 0 aromatic carbocycles. The van der Waals surface area contributed by atoms with Gasteiger partial charge in [-0.3, -0.25) is 9.59 Å². The first kappa shape index (κ1) is 46.5. The van der Waals surface area contributed by atoms with Gasteiger partial charge >= 0.3 is 59.9 Å². The molecule has 8 nitrogen and oxygen atoms in total. The van der Waals surface area contributed by atoms with E-state index in [1.165, 1.54) is 6.92 Å². The average molecular weight is 736 g/mol. The molecule has 0 aliphatic rings. The summed E-state index contributed by atoms with van der Waals surface area (Å²) in [5, 5.41) is 0. The summed E-state index contributed by atoms with van der Waals surface area (Å²) in [5.41, 5.74) is -9.36. The van der Waals surface area contributed by atoms with Crippen LogP contribution in [0.3, 0.4) is 0 Å². The molecular weight excluding hydrogens is 706 g/mol. The molecule has 0 N–H and O–H groups in total. The highest BCUT2D eigenvalue weighted by atomic mass is 19.4. The van der Waals surface area contributed by atoms with E-state index in [0.717, 1.165) is 27.7 Å². The number of alkyl halides is 14. The van der Waals surface area contributed by atoms with Gasteiger partial charge in [-0.25, -0.2) is 14.0 Å². The van der Waals surface area contributed by atoms with Crippen molar-refractivity contribution in [1.82, 2.24) is 0 Å². The van der Waals surface area contributed by atoms with Crippen LogP contribution in [0, 0.1) is 5.41 Å². The molecule has 280 valence electrons. The van der Waals surface area contributed by atoms with E-state index in [4.69, 9.17) is 0 Å². The Kier molecular flexibility index (Phi) is 16.1. The normalized spacial score (nSPS) is 13.7. The van der Waals surface area contributed by atoms with Gasteiger partial charge in [-0.2, -0.15) is 57.1 Å². The molecule has 0 saturated heterocycles. The number of hydrogen-bond acceptors (Lipinski definition) is 8. The Morgan fingerprint density at radius 2 is 1.04 bits per heavy atom. The van der Waals surface area contributed by atoms with E-state index in [0.29, 0.717) is 0 Å². The van der Waals surface area contributed by atoms with Crippen molar-refractivity contribution < 1.29 is 99.6 Å². The lowest BCUT2D eigenvalue weighted by Crippen LogP contribution is -2.70. The first-order valence-electron chi connectivity index (χ1n) is 12.7. The zero-order valence-corrected chi connectivity index (χ0v) is 25.6. The molecule has 0 fully saturated rings. The summed E-state index contributed by atoms with van der Waals surface area (Å²) in [5.74, 6) is -18.6. The summed E-state index contributed by atoms with van der Waals surface area (Å²) in [6.07, 6.45) is -26.7. The molecule has 0 radical (unpaired) electrons. The van der Waals surface area contributed by atoms with Gasteiger partial charge in [-0.1, -0.05) is 13.2 Å². The van der Waals surface area contributed by atoms with Crippen molar-refractivity contribution in [2.45, 2.75) is 89.6 Å². The number of halogens is 14. The SMILES string of the molecule is C=C(C)C(=O)OCC(CC(F)(F)C(F)(F)C(F)(C(F)(F)F)C(F)(F)F)OC(=O)C(C)(C)C.C=C(C)C(=O)OCCOC(=O)CC(F)(F)F. The van der Waals surface area contributed by atoms with E-state index in [-0.39, 0.29) is 17.8 Å². The topological polar surface area (TPSA) is 105 Å². The third-order valence-electron chi connectivity index (χ3n) is 5.06. The minimum Gasteiger partial charge on any atom is -0.462 e. The van der Waals surface area contributed by atoms with Gasteiger partial charge in [0, 0.05) is 11.1 Å². The number of carbonyl (C=O) groups is 4. The second-order valence-electron chi connectivity index (χ2n) is 10.7. The van der Waals surface area contributed by atoms with Gasteiger partial charge in [0.1, 0.15) is 32.3 Å². The van der Waals surface area contributed by atoms with E-state index in [9.17, 15) is 80.6 Å². The zero-order chi connectivity index (χ0) is 38.9. The number of esters is 4. The molecule has 0 aromatic rings. The number of hydrogen-bond donors (Lipinski definition) is 0. The summed E-state index contributed by atoms with van der Waals surface area (Å²) in [6.45, 7) is 10.1. The van der Waals surface area contributed by atoms with E-state index in [1.807, 2.05) is 0 Å². The van der Waals surface area contributed by atoms with Crippen molar-refractivity contribution >= 4 is 23.9 Å². The van der Waals surface area contributed by atoms with Crippen molar-refractivity contribution in [3.05, 3.63) is 24.3 Å². The van der Waals surface area contributed by atoms with Crippen molar-refractivity contribution in [2.75, 3.05) is 19.8 Å². The van der Waals surface area contributed by atoms with Crippen molar-refractivity contribution in [3.63, 3.8) is 0 Å². The third-order valence-corrected chi connectivity index (χ3v) is 5.06. The molecule has 0 spiro atoms. The van der Waals surface area contributed by atoms with E-state index in [1.54, 1.807) is 0 Å². The summed E-state index contributed by atoms with van der Waals surface area (Å²) in [4.78, 5) is 44.5. The minimum atomic E-state index is -7.65. The Hall–Kier alpha value is -3.62. The molecule has 1 atom stereocenters. The van der Waals surface area contributed by atoms with Gasteiger partial charge in [0.05, 0.1) is 11.8 Å². The van der Waals surface area contributed by atoms with Crippen LogP contribution in [0.15, 0.2) is 24.3 Å². The van der Waals surface area contributed by atoms with Crippen LogP contribution in [0.4, 0.5) is 61.5 Å². The van der Waals surface area contributed by atoms with Crippen LogP contribution in [-0.2, 0) is 38.1 Å². The van der Waals surface area contributed by atoms with Crippen LogP contribution in [0.2, 0.25) is 0 Å². The zero-order valence-electron chi connectivity index (χ0n) is 25.6. The maximum atomic E-state index is 14.1. The fourth-order valence-electron chi connectivity index (χ4n) is 2.57. The van der Waals surface area contributed by atoms with Crippen LogP contribution in [0.1, 0.15) is 47.5 Å². The van der Waals surface area contributed by atoms with Crippen molar-refractivity contribution in [3.8, 4) is 0 Å². The fraction of sp³-hybridized carbons (Fsp3) is 0.692. The van der Waals surface area contributed by atoms with Crippen LogP contribution in [0.25, 0.3) is 0 Å². The third kappa shape index (κ3) is 13.9. The Balaban J connectivity index is 0. The quantitative estimate of drug-likeness (QED) is 0.0646. The molecule has 0 aliphatic carbocycles. The Morgan fingerprint density at radius 3 is 1.40 bits per heavy atom. The van der Waals surface area contributed by atoms with Crippen LogP contribution >= 0.6 is 0 Å². The van der Waals surface area contributed by atoms with Crippen molar-refractivity contribution in [2.24, 2.45) is 5.41 Å². The summed E-state index contributed by atoms with van der Waals surface area (Å²) in [6, 6.07) is 0. The monoisotopic (exact) mass is 736 g/mol. The first-order chi connectivity index (χ1) is 21.0. The average Bonchev–Trinajstić information content (AvgIpc) is 2.85. The second-order valence-corrected chi connectivity index (χ2v) is 10.7. The Labute approximate surface area is 263 Å². The Bertz CT molecular complexity index is 1150. The smallest absolute Gasteiger partial charge is 0.438 e. The highest BCUT2D eigenvalue weighted by Gasteiger charge is 2.90. The molecule has 0 rings (SSSR count). The lowest BCUT2D eigenvalue weighted by atomic mass is 9.88. The second kappa shape index (κ2) is 16.7. The Morgan fingerprint density at radius 1 is 0.646 bits per heavy atom. The van der Waals surface area contributed by atoms with Crippen LogP contribution < -0.4 is 0 Å². The standard InChI is InChI=1S/C17H19F11O4.C9H11F3O4/c1-8(2)10(29)31-7-9(32-11(30)12(3,4)5)6-13(18,19)15(21,22)14(20,16(23,24)25)17(26,27)28;1-6(2)8(14)16-4-3-15-7(13)5-9(10,11)12/h9H,1,6-7H2,2-5H3;1,3-5H2,2H3. The molecule has 0 bridgehead atoms. The van der Waals surface area contributed by atoms with E-state index in [2.05, 4.69) is 32.1 Å². The summed E-state index contributed by atoms with van der Waals surface area (Å²) >= 11 is 0. The molecule has 0 saturated carbocycles. The molecule has 22 heteroatoms. The van der Waals surface area contributed by atoms with Gasteiger partial charge < -0.3 is 18.9 Å². The molecule has 0 aromatic heterocycles. The van der Waals surface area contributed by atoms with Gasteiger partial charge in [-0.15, -0.1) is 0 Å². The lowest BCUT2D eigenvalue weighted by Gasteiger charge is -2.40. The lowest BCUT2D eigenvalue weighted by molar-refractivity contribution is -0.428. The van der Waals surface area contributed by atoms with Crippen LogP contribution in [-0.4, -0.2) is 85.8 Å². The van der Waals surface area contributed by atoms with E-state index < -0.39 is 97.5 Å². The molecule has 0 amide bonds. The summed E-state index contributed by atoms with van der Waals surface area (Å²) < 4.78 is 198. The van der Waals surface area contributed by atoms with Gasteiger partial charge in [0.25, 0.3) is 0 Å². The molecule has 48 heavy (non-hydrogen) atoms. The predicted molar refractivity (Wildman–Crippen MR) is 133 cm³/mol. The maximum Gasteiger partial charge on any atom is 0.438 e.